The van der Waals surface area contributed by atoms with Gasteiger partial charge in [-0.25, -0.2) is 0 Å². The molecule has 4 rings (SSSR count). The van der Waals surface area contributed by atoms with E-state index in [1.54, 1.807) is 7.11 Å². The fourth-order valence-corrected chi connectivity index (χ4v) is 3.70. The van der Waals surface area contributed by atoms with Crippen LogP contribution in [0.15, 0.2) is 47.6 Å². The standard InChI is InChI=1S/C20H21ClN2O2/c1-3-5-19-23-17(15-6-4-7-18(24-2)20(15)25-19)12-16(22-23)13-8-10-14(21)11-9-13/h4,6-11,17,19H,3,5,12H2,1-2H3/t17-,19-/m0/s1. The molecule has 130 valence electrons. The fraction of sp³-hybridized carbons (Fsp3) is 0.350. The van der Waals surface area contributed by atoms with Gasteiger partial charge in [-0.1, -0.05) is 49.2 Å². The summed E-state index contributed by atoms with van der Waals surface area (Å²) >= 11 is 6.02. The van der Waals surface area contributed by atoms with Crippen LogP contribution in [-0.2, 0) is 0 Å². The van der Waals surface area contributed by atoms with Crippen LogP contribution >= 0.6 is 11.6 Å². The molecule has 0 aromatic heterocycles. The minimum atomic E-state index is -0.0661. The summed E-state index contributed by atoms with van der Waals surface area (Å²) in [7, 11) is 1.68. The van der Waals surface area contributed by atoms with Gasteiger partial charge in [-0.05, 0) is 23.8 Å². The molecule has 2 heterocycles. The minimum absolute atomic E-state index is 0.0661. The van der Waals surface area contributed by atoms with Crippen LogP contribution in [0.3, 0.4) is 0 Å². The lowest BCUT2D eigenvalue weighted by atomic mass is 9.96. The van der Waals surface area contributed by atoms with E-state index in [1.807, 2.05) is 36.4 Å². The molecule has 2 aromatic carbocycles. The molecule has 0 saturated carbocycles. The number of halogens is 1. The maximum Gasteiger partial charge on any atom is 0.187 e. The van der Waals surface area contributed by atoms with Crippen molar-refractivity contribution >= 4 is 17.3 Å². The molecule has 2 atom stereocenters. The van der Waals surface area contributed by atoms with E-state index >= 15 is 0 Å². The number of fused-ring (bicyclic) bond motifs is 3. The van der Waals surface area contributed by atoms with Crippen LogP contribution in [0.5, 0.6) is 11.5 Å². The van der Waals surface area contributed by atoms with Crippen molar-refractivity contribution in [2.24, 2.45) is 5.10 Å². The Bertz CT molecular complexity index is 804. The molecule has 0 amide bonds. The van der Waals surface area contributed by atoms with Crippen LogP contribution in [0.2, 0.25) is 5.02 Å². The second-order valence-corrected chi connectivity index (χ2v) is 6.83. The van der Waals surface area contributed by atoms with Gasteiger partial charge in [0.15, 0.2) is 17.7 Å². The van der Waals surface area contributed by atoms with E-state index in [0.29, 0.717) is 0 Å². The van der Waals surface area contributed by atoms with E-state index in [1.165, 1.54) is 0 Å². The highest BCUT2D eigenvalue weighted by Gasteiger charge is 2.40. The summed E-state index contributed by atoms with van der Waals surface area (Å²) in [6.07, 6.45) is 2.74. The van der Waals surface area contributed by atoms with E-state index in [4.69, 9.17) is 26.2 Å². The molecule has 2 aliphatic heterocycles. The monoisotopic (exact) mass is 356 g/mol. The van der Waals surface area contributed by atoms with Crippen molar-refractivity contribution in [3.8, 4) is 11.5 Å². The van der Waals surface area contributed by atoms with Gasteiger partial charge >= 0.3 is 0 Å². The molecule has 2 aliphatic rings. The number of hydrogen-bond donors (Lipinski definition) is 0. The van der Waals surface area contributed by atoms with Crippen molar-refractivity contribution < 1.29 is 9.47 Å². The summed E-state index contributed by atoms with van der Waals surface area (Å²) in [6.45, 7) is 2.16. The quantitative estimate of drug-likeness (QED) is 0.771. The van der Waals surface area contributed by atoms with E-state index in [9.17, 15) is 0 Å². The van der Waals surface area contributed by atoms with Crippen LogP contribution in [0, 0.1) is 0 Å². The van der Waals surface area contributed by atoms with Gasteiger partial charge in [0.2, 0.25) is 0 Å². The molecule has 25 heavy (non-hydrogen) atoms. The molecule has 0 aliphatic carbocycles. The van der Waals surface area contributed by atoms with Gasteiger partial charge in [0.25, 0.3) is 0 Å². The number of hydrazone groups is 1. The molecular weight excluding hydrogens is 336 g/mol. The lowest BCUT2D eigenvalue weighted by Gasteiger charge is -2.38. The van der Waals surface area contributed by atoms with Gasteiger partial charge in [-0.3, -0.25) is 5.01 Å². The first-order valence-electron chi connectivity index (χ1n) is 8.66. The van der Waals surface area contributed by atoms with Crippen LogP contribution in [0.25, 0.3) is 0 Å². The Labute approximate surface area is 153 Å². The average Bonchev–Trinajstić information content (AvgIpc) is 3.08. The van der Waals surface area contributed by atoms with Crippen LogP contribution in [0.4, 0.5) is 0 Å². The number of para-hydroxylation sites is 1. The third-order valence-electron chi connectivity index (χ3n) is 4.79. The SMILES string of the molecule is CCC[C@@H]1Oc2c(OC)cccc2[C@@H]2CC(c3ccc(Cl)cc3)=NN12. The van der Waals surface area contributed by atoms with Gasteiger partial charge in [0.05, 0.1) is 18.9 Å². The van der Waals surface area contributed by atoms with Gasteiger partial charge in [-0.2, -0.15) is 5.10 Å². The van der Waals surface area contributed by atoms with E-state index in [2.05, 4.69) is 18.0 Å². The summed E-state index contributed by atoms with van der Waals surface area (Å²) in [4.78, 5) is 0. The summed E-state index contributed by atoms with van der Waals surface area (Å²) in [5.74, 6) is 1.65. The van der Waals surface area contributed by atoms with Gasteiger partial charge in [0.1, 0.15) is 0 Å². The summed E-state index contributed by atoms with van der Waals surface area (Å²) in [5.41, 5.74) is 3.32. The first kappa shape index (κ1) is 16.3. The summed E-state index contributed by atoms with van der Waals surface area (Å²) in [5, 5.41) is 7.76. The molecule has 0 N–H and O–H groups in total. The second kappa shape index (κ2) is 6.60. The summed E-state index contributed by atoms with van der Waals surface area (Å²) in [6, 6.07) is 14.1. The number of ether oxygens (including phenoxy) is 2. The predicted octanol–water partition coefficient (Wildman–Crippen LogP) is 5.02. The second-order valence-electron chi connectivity index (χ2n) is 6.39. The topological polar surface area (TPSA) is 34.1 Å². The smallest absolute Gasteiger partial charge is 0.187 e. The summed E-state index contributed by atoms with van der Waals surface area (Å²) < 4.78 is 11.8. The third kappa shape index (κ3) is 2.85. The number of hydrogen-bond acceptors (Lipinski definition) is 4. The van der Waals surface area contributed by atoms with E-state index < -0.39 is 0 Å². The van der Waals surface area contributed by atoms with Gasteiger partial charge in [-0.15, -0.1) is 0 Å². The maximum absolute atomic E-state index is 6.28. The van der Waals surface area contributed by atoms with Crippen LogP contribution in [-0.4, -0.2) is 24.1 Å². The highest BCUT2D eigenvalue weighted by Crippen LogP contribution is 2.47. The Morgan fingerprint density at radius 2 is 2.04 bits per heavy atom. The zero-order chi connectivity index (χ0) is 17.4. The Morgan fingerprint density at radius 3 is 2.76 bits per heavy atom. The fourth-order valence-electron chi connectivity index (χ4n) is 3.57. The van der Waals surface area contributed by atoms with Gasteiger partial charge < -0.3 is 9.47 Å². The first-order chi connectivity index (χ1) is 12.2. The van der Waals surface area contributed by atoms with Crippen molar-refractivity contribution in [3.05, 3.63) is 58.6 Å². The molecule has 5 heteroatoms. The normalized spacial score (nSPS) is 21.2. The van der Waals surface area contributed by atoms with Crippen LogP contribution < -0.4 is 9.47 Å². The Kier molecular flexibility index (Phi) is 4.30. The number of methoxy groups -OCH3 is 1. The zero-order valence-electron chi connectivity index (χ0n) is 14.4. The lowest BCUT2D eigenvalue weighted by molar-refractivity contribution is -0.0240. The number of rotatable bonds is 4. The van der Waals surface area contributed by atoms with Crippen molar-refractivity contribution in [2.75, 3.05) is 7.11 Å². The predicted molar refractivity (Wildman–Crippen MR) is 99.5 cm³/mol. The van der Waals surface area contributed by atoms with Crippen molar-refractivity contribution in [1.82, 2.24) is 5.01 Å². The maximum atomic E-state index is 6.28. The largest absolute Gasteiger partial charge is 0.493 e. The van der Waals surface area contributed by atoms with Crippen LogP contribution in [0.1, 0.15) is 43.4 Å². The number of benzene rings is 2. The van der Waals surface area contributed by atoms with E-state index in [0.717, 1.165) is 52.6 Å². The zero-order valence-corrected chi connectivity index (χ0v) is 15.2. The molecule has 2 aromatic rings. The average molecular weight is 357 g/mol. The van der Waals surface area contributed by atoms with Gasteiger partial charge in [0, 0.05) is 23.4 Å². The molecular formula is C20H21ClN2O2. The lowest BCUT2D eigenvalue weighted by Crippen LogP contribution is -2.40. The third-order valence-corrected chi connectivity index (χ3v) is 5.04. The Balaban J connectivity index is 1.73. The highest BCUT2D eigenvalue weighted by molar-refractivity contribution is 6.30. The highest BCUT2D eigenvalue weighted by atomic mass is 35.5. The molecule has 0 fully saturated rings. The number of nitrogens with zero attached hydrogens (tertiary/aromatic N) is 2. The van der Waals surface area contributed by atoms with Crippen molar-refractivity contribution in [3.63, 3.8) is 0 Å². The molecule has 0 saturated heterocycles. The van der Waals surface area contributed by atoms with Crippen molar-refractivity contribution in [1.29, 1.82) is 0 Å². The minimum Gasteiger partial charge on any atom is -0.493 e. The van der Waals surface area contributed by atoms with Crippen molar-refractivity contribution in [2.45, 2.75) is 38.5 Å². The molecule has 0 bridgehead atoms. The first-order valence-corrected chi connectivity index (χ1v) is 9.04. The molecule has 4 nitrogen and oxygen atoms in total. The molecule has 0 unspecified atom stereocenters. The molecule has 0 spiro atoms. The van der Waals surface area contributed by atoms with E-state index in [-0.39, 0.29) is 12.3 Å². The Morgan fingerprint density at radius 1 is 1.24 bits per heavy atom. The molecule has 0 radical (unpaired) electrons. The Hall–Kier alpha value is -2.20.